The zero-order valence-electron chi connectivity index (χ0n) is 21.2. The highest BCUT2D eigenvalue weighted by Crippen LogP contribution is 2.20. The van der Waals surface area contributed by atoms with Crippen LogP contribution in [0.15, 0.2) is 0 Å². The van der Waals surface area contributed by atoms with Gasteiger partial charge in [0, 0.05) is 6.42 Å². The first-order chi connectivity index (χ1) is 14.7. The monoisotopic (exact) mass is 424 g/mol. The van der Waals surface area contributed by atoms with Gasteiger partial charge in [0.2, 0.25) is 0 Å². The third-order valence-electron chi connectivity index (χ3n) is 6.40. The Balaban J connectivity index is 3.93. The van der Waals surface area contributed by atoms with Gasteiger partial charge in [-0.1, -0.05) is 136 Å². The van der Waals surface area contributed by atoms with Gasteiger partial charge in [-0.2, -0.15) is 0 Å². The van der Waals surface area contributed by atoms with Crippen molar-refractivity contribution in [1.82, 2.24) is 0 Å². The molecule has 180 valence electrons. The molecule has 0 aromatic carbocycles. The Hall–Kier alpha value is -0.530. The van der Waals surface area contributed by atoms with E-state index in [1.165, 1.54) is 128 Å². The molecular weight excluding hydrogens is 368 g/mol. The molecule has 0 aliphatic carbocycles. The van der Waals surface area contributed by atoms with E-state index in [0.717, 1.165) is 6.42 Å². The van der Waals surface area contributed by atoms with Crippen LogP contribution in [-0.4, -0.2) is 12.6 Å². The third kappa shape index (κ3) is 22.2. The summed E-state index contributed by atoms with van der Waals surface area (Å²) in [5, 5.41) is 0. The lowest BCUT2D eigenvalue weighted by molar-refractivity contribution is -0.145. The number of esters is 1. The SMILES string of the molecule is CCCCCCCCCC(=O)OCC(CCCCCCC)CCCCCCCCC. The van der Waals surface area contributed by atoms with Gasteiger partial charge in [-0.25, -0.2) is 0 Å². The molecule has 0 radical (unpaired) electrons. The highest BCUT2D eigenvalue weighted by Gasteiger charge is 2.12. The normalized spacial score (nSPS) is 12.2. The average molecular weight is 425 g/mol. The number of ether oxygens (including phenoxy) is 1. The lowest BCUT2D eigenvalue weighted by Crippen LogP contribution is -2.14. The van der Waals surface area contributed by atoms with E-state index in [-0.39, 0.29) is 5.97 Å². The predicted molar refractivity (Wildman–Crippen MR) is 133 cm³/mol. The molecule has 0 saturated heterocycles. The van der Waals surface area contributed by atoms with Crippen LogP contribution in [-0.2, 0) is 9.53 Å². The van der Waals surface area contributed by atoms with Crippen LogP contribution in [0.25, 0.3) is 0 Å². The van der Waals surface area contributed by atoms with Gasteiger partial charge in [0.1, 0.15) is 0 Å². The smallest absolute Gasteiger partial charge is 0.305 e. The quantitative estimate of drug-likeness (QED) is 0.114. The van der Waals surface area contributed by atoms with Gasteiger partial charge in [-0.05, 0) is 25.2 Å². The van der Waals surface area contributed by atoms with E-state index < -0.39 is 0 Å². The molecule has 1 atom stereocenters. The molecule has 0 amide bonds. The molecule has 0 N–H and O–H groups in total. The average Bonchev–Trinajstić information content (AvgIpc) is 2.75. The second-order valence-corrected chi connectivity index (χ2v) is 9.53. The Morgan fingerprint density at radius 2 is 0.900 bits per heavy atom. The van der Waals surface area contributed by atoms with Crippen molar-refractivity contribution in [3.05, 3.63) is 0 Å². The molecule has 2 nitrogen and oxygen atoms in total. The Bertz CT molecular complexity index is 340. The molecule has 0 rings (SSSR count). The Morgan fingerprint density at radius 1 is 0.533 bits per heavy atom. The van der Waals surface area contributed by atoms with Crippen molar-refractivity contribution in [3.63, 3.8) is 0 Å². The van der Waals surface area contributed by atoms with Gasteiger partial charge in [-0.15, -0.1) is 0 Å². The van der Waals surface area contributed by atoms with E-state index >= 15 is 0 Å². The summed E-state index contributed by atoms with van der Waals surface area (Å²) < 4.78 is 5.70. The van der Waals surface area contributed by atoms with Crippen molar-refractivity contribution in [2.45, 2.75) is 162 Å². The minimum Gasteiger partial charge on any atom is -0.465 e. The highest BCUT2D eigenvalue weighted by atomic mass is 16.5. The Kier molecular flexibility index (Phi) is 24.3. The molecule has 0 spiro atoms. The lowest BCUT2D eigenvalue weighted by Gasteiger charge is -2.17. The zero-order valence-corrected chi connectivity index (χ0v) is 21.2. The van der Waals surface area contributed by atoms with Crippen LogP contribution < -0.4 is 0 Å². The van der Waals surface area contributed by atoms with Crippen LogP contribution in [0.4, 0.5) is 0 Å². The summed E-state index contributed by atoms with van der Waals surface area (Å²) in [6, 6.07) is 0. The predicted octanol–water partition coefficient (Wildman–Crippen LogP) is 9.79. The first-order valence-corrected chi connectivity index (χ1v) is 13.9. The maximum absolute atomic E-state index is 12.2. The number of rotatable bonds is 24. The van der Waals surface area contributed by atoms with E-state index in [2.05, 4.69) is 20.8 Å². The van der Waals surface area contributed by atoms with Crippen LogP contribution in [0.5, 0.6) is 0 Å². The maximum Gasteiger partial charge on any atom is 0.305 e. The molecule has 1 unspecified atom stereocenters. The van der Waals surface area contributed by atoms with Gasteiger partial charge in [-0.3, -0.25) is 4.79 Å². The molecule has 0 fully saturated rings. The van der Waals surface area contributed by atoms with E-state index in [4.69, 9.17) is 4.74 Å². The standard InChI is InChI=1S/C28H56O2/c1-4-7-10-13-15-18-21-24-27(23-20-17-12-9-6-3)26-30-28(29)25-22-19-16-14-11-8-5-2/h27H,4-26H2,1-3H3. The molecule has 0 aromatic rings. The molecule has 0 aromatic heterocycles. The van der Waals surface area contributed by atoms with Gasteiger partial charge in [0.25, 0.3) is 0 Å². The van der Waals surface area contributed by atoms with Gasteiger partial charge >= 0.3 is 5.97 Å². The van der Waals surface area contributed by atoms with Gasteiger partial charge in [0.15, 0.2) is 0 Å². The Labute approximate surface area is 190 Å². The van der Waals surface area contributed by atoms with Crippen molar-refractivity contribution >= 4 is 5.97 Å². The second-order valence-electron chi connectivity index (χ2n) is 9.53. The highest BCUT2D eigenvalue weighted by molar-refractivity contribution is 5.69. The molecular formula is C28H56O2. The molecule has 0 saturated carbocycles. The fraction of sp³-hybridized carbons (Fsp3) is 0.964. The van der Waals surface area contributed by atoms with Crippen LogP contribution in [0.3, 0.4) is 0 Å². The summed E-state index contributed by atoms with van der Waals surface area (Å²) >= 11 is 0. The molecule has 0 heterocycles. The van der Waals surface area contributed by atoms with Crippen molar-refractivity contribution < 1.29 is 9.53 Å². The second kappa shape index (κ2) is 24.7. The molecule has 0 aliphatic rings. The summed E-state index contributed by atoms with van der Waals surface area (Å²) in [5.74, 6) is 0.624. The van der Waals surface area contributed by atoms with Crippen molar-refractivity contribution in [1.29, 1.82) is 0 Å². The minimum atomic E-state index is 0.0408. The van der Waals surface area contributed by atoms with Crippen molar-refractivity contribution in [2.24, 2.45) is 5.92 Å². The molecule has 2 heteroatoms. The minimum absolute atomic E-state index is 0.0408. The van der Waals surface area contributed by atoms with Crippen LogP contribution in [0, 0.1) is 5.92 Å². The van der Waals surface area contributed by atoms with E-state index in [1.54, 1.807) is 0 Å². The van der Waals surface area contributed by atoms with Gasteiger partial charge < -0.3 is 4.74 Å². The number of unbranched alkanes of at least 4 members (excludes halogenated alkanes) is 16. The van der Waals surface area contributed by atoms with Crippen molar-refractivity contribution in [2.75, 3.05) is 6.61 Å². The van der Waals surface area contributed by atoms with Crippen LogP contribution >= 0.6 is 0 Å². The fourth-order valence-electron chi connectivity index (χ4n) is 4.25. The summed E-state index contributed by atoms with van der Waals surface area (Å²) in [6.45, 7) is 7.47. The molecule has 0 bridgehead atoms. The first-order valence-electron chi connectivity index (χ1n) is 13.9. The Morgan fingerprint density at radius 3 is 1.33 bits per heavy atom. The lowest BCUT2D eigenvalue weighted by atomic mass is 9.95. The largest absolute Gasteiger partial charge is 0.465 e. The van der Waals surface area contributed by atoms with Crippen molar-refractivity contribution in [3.8, 4) is 0 Å². The summed E-state index contributed by atoms with van der Waals surface area (Å²) in [6.07, 6.45) is 28.1. The maximum atomic E-state index is 12.2. The fourth-order valence-corrected chi connectivity index (χ4v) is 4.25. The number of carbonyl (C=O) groups is 1. The number of hydrogen-bond donors (Lipinski definition) is 0. The van der Waals surface area contributed by atoms with E-state index in [9.17, 15) is 4.79 Å². The van der Waals surface area contributed by atoms with Crippen LogP contribution in [0.2, 0.25) is 0 Å². The summed E-state index contributed by atoms with van der Waals surface area (Å²) in [4.78, 5) is 12.2. The molecule has 0 aliphatic heterocycles. The zero-order chi connectivity index (χ0) is 22.1. The van der Waals surface area contributed by atoms with Gasteiger partial charge in [0.05, 0.1) is 6.61 Å². The third-order valence-corrected chi connectivity index (χ3v) is 6.40. The molecule has 30 heavy (non-hydrogen) atoms. The first kappa shape index (κ1) is 29.5. The van der Waals surface area contributed by atoms with Crippen LogP contribution in [0.1, 0.15) is 162 Å². The number of carbonyl (C=O) groups excluding carboxylic acids is 1. The van der Waals surface area contributed by atoms with E-state index in [1.807, 2.05) is 0 Å². The summed E-state index contributed by atoms with van der Waals surface area (Å²) in [7, 11) is 0. The number of hydrogen-bond acceptors (Lipinski definition) is 2. The summed E-state index contributed by atoms with van der Waals surface area (Å²) in [5.41, 5.74) is 0. The topological polar surface area (TPSA) is 26.3 Å². The van der Waals surface area contributed by atoms with E-state index in [0.29, 0.717) is 18.9 Å².